The summed E-state index contributed by atoms with van der Waals surface area (Å²) >= 11 is 0. The Hall–Kier alpha value is -0.160. The zero-order chi connectivity index (χ0) is 14.8. The molecule has 0 aromatic carbocycles. The van der Waals surface area contributed by atoms with Crippen LogP contribution >= 0.6 is 0 Å². The Morgan fingerprint density at radius 1 is 1.15 bits per heavy atom. The standard InChI is InChI=1S/C16H34N4/c1-14(2)11-19-7-5-16(13-17,6-8-19)20-10-9-18(4)12-15(20)3/h14-15H,5-13,17H2,1-4H3. The summed E-state index contributed by atoms with van der Waals surface area (Å²) in [6.07, 6.45) is 2.48. The fourth-order valence-electron chi connectivity index (χ4n) is 4.12. The Morgan fingerprint density at radius 2 is 1.80 bits per heavy atom. The van der Waals surface area contributed by atoms with Gasteiger partial charge >= 0.3 is 0 Å². The highest BCUT2D eigenvalue weighted by molar-refractivity contribution is 5.00. The lowest BCUT2D eigenvalue weighted by atomic mass is 9.83. The highest BCUT2D eigenvalue weighted by Crippen LogP contribution is 2.31. The summed E-state index contributed by atoms with van der Waals surface area (Å²) in [4.78, 5) is 7.79. The first-order valence-corrected chi connectivity index (χ1v) is 8.34. The summed E-state index contributed by atoms with van der Waals surface area (Å²) in [5, 5.41) is 0. The maximum Gasteiger partial charge on any atom is 0.0359 e. The van der Waals surface area contributed by atoms with Gasteiger partial charge < -0.3 is 15.5 Å². The Kier molecular flexibility index (Phi) is 5.46. The second-order valence-corrected chi connectivity index (χ2v) is 7.43. The number of hydrogen-bond acceptors (Lipinski definition) is 4. The van der Waals surface area contributed by atoms with Gasteiger partial charge in [0.2, 0.25) is 0 Å². The fraction of sp³-hybridized carbons (Fsp3) is 1.00. The molecule has 2 heterocycles. The number of likely N-dealkylation sites (tertiary alicyclic amines) is 1. The molecule has 0 bridgehead atoms. The largest absolute Gasteiger partial charge is 0.329 e. The third-order valence-corrected chi connectivity index (χ3v) is 5.23. The number of piperazine rings is 1. The van der Waals surface area contributed by atoms with Gasteiger partial charge in [-0.25, -0.2) is 0 Å². The maximum atomic E-state index is 6.24. The van der Waals surface area contributed by atoms with Crippen LogP contribution in [-0.4, -0.2) is 79.1 Å². The van der Waals surface area contributed by atoms with Crippen molar-refractivity contribution in [2.75, 3.05) is 52.9 Å². The van der Waals surface area contributed by atoms with Gasteiger partial charge in [0, 0.05) is 44.3 Å². The Morgan fingerprint density at radius 3 is 2.30 bits per heavy atom. The molecule has 0 spiro atoms. The average molecular weight is 282 g/mol. The van der Waals surface area contributed by atoms with Gasteiger partial charge in [-0.05, 0) is 45.8 Å². The molecule has 2 aliphatic rings. The van der Waals surface area contributed by atoms with Gasteiger partial charge in [-0.3, -0.25) is 4.90 Å². The van der Waals surface area contributed by atoms with Gasteiger partial charge in [0.05, 0.1) is 0 Å². The number of rotatable bonds is 4. The Bertz CT molecular complexity index is 297. The predicted octanol–water partition coefficient (Wildman–Crippen LogP) is 1.07. The molecule has 2 aliphatic heterocycles. The van der Waals surface area contributed by atoms with E-state index in [-0.39, 0.29) is 5.54 Å². The number of likely N-dealkylation sites (N-methyl/N-ethyl adjacent to an activating group) is 1. The number of nitrogens with zero attached hydrogens (tertiary/aromatic N) is 3. The predicted molar refractivity (Wildman–Crippen MR) is 86.0 cm³/mol. The zero-order valence-electron chi connectivity index (χ0n) is 13.9. The van der Waals surface area contributed by atoms with E-state index in [2.05, 4.69) is 42.5 Å². The van der Waals surface area contributed by atoms with E-state index in [9.17, 15) is 0 Å². The van der Waals surface area contributed by atoms with Crippen molar-refractivity contribution in [3.63, 3.8) is 0 Å². The number of nitrogens with two attached hydrogens (primary N) is 1. The van der Waals surface area contributed by atoms with Crippen LogP contribution in [-0.2, 0) is 0 Å². The molecule has 2 fully saturated rings. The topological polar surface area (TPSA) is 35.7 Å². The van der Waals surface area contributed by atoms with Crippen molar-refractivity contribution in [2.45, 2.75) is 45.2 Å². The smallest absolute Gasteiger partial charge is 0.0359 e. The number of piperidine rings is 1. The number of hydrogen-bond donors (Lipinski definition) is 1. The van der Waals surface area contributed by atoms with Crippen molar-refractivity contribution in [2.24, 2.45) is 11.7 Å². The SMILES string of the molecule is CC(C)CN1CCC(CN)(N2CCN(C)CC2C)CC1. The molecule has 2 rings (SSSR count). The first kappa shape index (κ1) is 16.2. The maximum absolute atomic E-state index is 6.24. The minimum absolute atomic E-state index is 0.258. The molecular formula is C16H34N4. The van der Waals surface area contributed by atoms with Crippen molar-refractivity contribution >= 4 is 0 Å². The van der Waals surface area contributed by atoms with Crippen LogP contribution in [0.1, 0.15) is 33.6 Å². The van der Waals surface area contributed by atoms with E-state index in [4.69, 9.17) is 5.73 Å². The summed E-state index contributed by atoms with van der Waals surface area (Å²) < 4.78 is 0. The molecule has 0 aromatic rings. The van der Waals surface area contributed by atoms with Gasteiger partial charge in [0.15, 0.2) is 0 Å². The third kappa shape index (κ3) is 3.53. The summed E-state index contributed by atoms with van der Waals surface area (Å²) in [6, 6.07) is 0.633. The van der Waals surface area contributed by atoms with E-state index >= 15 is 0 Å². The molecule has 0 amide bonds. The fourth-order valence-corrected chi connectivity index (χ4v) is 4.12. The molecule has 2 N–H and O–H groups in total. The van der Waals surface area contributed by atoms with Crippen LogP contribution in [0.5, 0.6) is 0 Å². The van der Waals surface area contributed by atoms with Crippen LogP contribution in [0.15, 0.2) is 0 Å². The molecule has 4 heteroatoms. The average Bonchev–Trinajstić information content (AvgIpc) is 2.40. The van der Waals surface area contributed by atoms with E-state index in [0.717, 1.165) is 12.5 Å². The normalized spacial score (nSPS) is 30.0. The van der Waals surface area contributed by atoms with Crippen LogP contribution < -0.4 is 5.73 Å². The highest BCUT2D eigenvalue weighted by atomic mass is 15.3. The van der Waals surface area contributed by atoms with Crippen LogP contribution in [0.2, 0.25) is 0 Å². The van der Waals surface area contributed by atoms with Crippen LogP contribution in [0, 0.1) is 5.92 Å². The summed E-state index contributed by atoms with van der Waals surface area (Å²) in [7, 11) is 2.23. The van der Waals surface area contributed by atoms with Gasteiger partial charge in [0.25, 0.3) is 0 Å². The summed E-state index contributed by atoms with van der Waals surface area (Å²) in [6.45, 7) is 15.0. The third-order valence-electron chi connectivity index (χ3n) is 5.23. The lowest BCUT2D eigenvalue weighted by molar-refractivity contribution is -0.0331. The molecule has 0 saturated carbocycles. The van der Waals surface area contributed by atoms with Gasteiger partial charge in [-0.1, -0.05) is 13.8 Å². The van der Waals surface area contributed by atoms with E-state index in [1.807, 2.05) is 0 Å². The van der Waals surface area contributed by atoms with Crippen LogP contribution in [0.25, 0.3) is 0 Å². The minimum Gasteiger partial charge on any atom is -0.329 e. The molecule has 0 aliphatic carbocycles. The molecular weight excluding hydrogens is 248 g/mol. The Labute approximate surface area is 125 Å². The van der Waals surface area contributed by atoms with E-state index < -0.39 is 0 Å². The Balaban J connectivity index is 1.97. The molecule has 2 saturated heterocycles. The second-order valence-electron chi connectivity index (χ2n) is 7.43. The quantitative estimate of drug-likeness (QED) is 0.837. The summed E-state index contributed by atoms with van der Waals surface area (Å²) in [5.74, 6) is 0.767. The van der Waals surface area contributed by atoms with E-state index in [1.54, 1.807) is 0 Å². The first-order chi connectivity index (χ1) is 9.47. The van der Waals surface area contributed by atoms with Crippen molar-refractivity contribution in [1.82, 2.24) is 14.7 Å². The van der Waals surface area contributed by atoms with Gasteiger partial charge in [-0.15, -0.1) is 0 Å². The van der Waals surface area contributed by atoms with Crippen LogP contribution in [0.4, 0.5) is 0 Å². The molecule has 118 valence electrons. The van der Waals surface area contributed by atoms with Crippen molar-refractivity contribution in [3.05, 3.63) is 0 Å². The molecule has 20 heavy (non-hydrogen) atoms. The molecule has 1 unspecified atom stereocenters. The van der Waals surface area contributed by atoms with E-state index in [1.165, 1.54) is 52.1 Å². The first-order valence-electron chi connectivity index (χ1n) is 8.34. The lowest BCUT2D eigenvalue weighted by Gasteiger charge is -2.53. The zero-order valence-corrected chi connectivity index (χ0v) is 13.9. The van der Waals surface area contributed by atoms with Crippen molar-refractivity contribution in [1.29, 1.82) is 0 Å². The second kappa shape index (κ2) is 6.73. The monoisotopic (exact) mass is 282 g/mol. The highest BCUT2D eigenvalue weighted by Gasteiger charge is 2.42. The summed E-state index contributed by atoms with van der Waals surface area (Å²) in [5.41, 5.74) is 6.50. The van der Waals surface area contributed by atoms with Gasteiger partial charge in [-0.2, -0.15) is 0 Å². The van der Waals surface area contributed by atoms with Crippen molar-refractivity contribution < 1.29 is 0 Å². The molecule has 1 atom stereocenters. The minimum atomic E-state index is 0.258. The van der Waals surface area contributed by atoms with E-state index in [0.29, 0.717) is 6.04 Å². The van der Waals surface area contributed by atoms with Gasteiger partial charge in [0.1, 0.15) is 0 Å². The van der Waals surface area contributed by atoms with Crippen LogP contribution in [0.3, 0.4) is 0 Å². The lowest BCUT2D eigenvalue weighted by Crippen LogP contribution is -2.66. The molecule has 4 nitrogen and oxygen atoms in total. The van der Waals surface area contributed by atoms with Crippen molar-refractivity contribution in [3.8, 4) is 0 Å². The molecule has 0 radical (unpaired) electrons. The molecule has 0 aromatic heterocycles.